The number of furan rings is 7. The molecule has 668 valence electrons. The molecule has 0 amide bonds. The average molecular weight is 1960 g/mol. The number of para-hydroxylation sites is 10. The van der Waals surface area contributed by atoms with E-state index in [0.29, 0.717) is 50.5 Å². The van der Waals surface area contributed by atoms with E-state index in [1.807, 2.05) is 194 Å². The highest BCUT2D eigenvalue weighted by Gasteiger charge is 2.27. The summed E-state index contributed by atoms with van der Waals surface area (Å²) in [6, 6.07) is 122. The first-order valence-electron chi connectivity index (χ1n) is 44.9. The molecule has 0 aliphatic heterocycles. The Morgan fingerprint density at radius 1 is 0.191 bits per heavy atom. The molecule has 25 heteroatoms. The molecule has 0 atom stereocenters. The van der Waals surface area contributed by atoms with Crippen molar-refractivity contribution in [1.29, 1.82) is 0 Å². The van der Waals surface area contributed by atoms with Gasteiger partial charge in [0, 0.05) is 133 Å². The number of hydrogen-bond acceptors (Lipinski definition) is 19. The van der Waals surface area contributed by atoms with E-state index in [0.717, 1.165) is 182 Å². The van der Waals surface area contributed by atoms with Crippen molar-refractivity contribution in [3.05, 3.63) is 390 Å². The van der Waals surface area contributed by atoms with E-state index in [-0.39, 0.29) is 26.4 Å². The molecule has 18 nitrogen and oxygen atoms in total. The SMILES string of the molecule is Clc1nc(-c2ccc3c(c2)c2ccccc2n3-c2ccccc2)c2oc3ccccc3c2n1.Clc1nc(-c2ccc3oc4ccccc4c3c2)c2oc3ccccc3c2n1.Clc1nc(-c2ccc3sc4ccccc4c3c2)c2oc3ccccc3c2n1.Clc1nc(-c2cccc3c2oc2ccccc23)c2oc3ccccc3c2n1.Clc1nc(-c2cccc3c2sc2ccccc23)c2oc3ccccc3c2n1. The summed E-state index contributed by atoms with van der Waals surface area (Å²) in [6.07, 6.45) is 0. The van der Waals surface area contributed by atoms with Crippen LogP contribution in [0.3, 0.4) is 0 Å². The maximum Gasteiger partial charge on any atom is 0.223 e. The van der Waals surface area contributed by atoms with Crippen molar-refractivity contribution >= 4 is 297 Å². The van der Waals surface area contributed by atoms with Crippen LogP contribution in [0.5, 0.6) is 0 Å². The Morgan fingerprint density at radius 2 is 0.504 bits per heavy atom. The second kappa shape index (κ2) is 33.8. The van der Waals surface area contributed by atoms with Crippen molar-refractivity contribution in [3.63, 3.8) is 0 Å². The fraction of sp³-hybridized carbons (Fsp3) is 0. The minimum atomic E-state index is 0.178. The zero-order valence-electron chi connectivity index (χ0n) is 73.1. The van der Waals surface area contributed by atoms with Crippen molar-refractivity contribution in [2.24, 2.45) is 0 Å². The van der Waals surface area contributed by atoms with Gasteiger partial charge >= 0.3 is 0 Å². The zero-order valence-corrected chi connectivity index (χ0v) is 78.5. The van der Waals surface area contributed by atoms with Crippen molar-refractivity contribution in [2.45, 2.75) is 0 Å². The topological polar surface area (TPSA) is 226 Å². The summed E-state index contributed by atoms with van der Waals surface area (Å²) < 4.78 is 49.9. The first kappa shape index (κ1) is 83.6. The van der Waals surface area contributed by atoms with E-state index in [1.54, 1.807) is 22.7 Å². The second-order valence-corrected chi connectivity index (χ2v) is 37.5. The summed E-state index contributed by atoms with van der Waals surface area (Å²) in [4.78, 5) is 44.7. The summed E-state index contributed by atoms with van der Waals surface area (Å²) in [6.45, 7) is 0. The molecule has 0 unspecified atom stereocenters. The van der Waals surface area contributed by atoms with E-state index >= 15 is 0 Å². The lowest BCUT2D eigenvalue weighted by molar-refractivity contribution is 0.662. The molecule has 0 saturated heterocycles. The van der Waals surface area contributed by atoms with Crippen LogP contribution in [0.25, 0.3) is 278 Å². The Balaban J connectivity index is 0.0000000885. The third kappa shape index (κ3) is 14.3. The van der Waals surface area contributed by atoms with Crippen molar-refractivity contribution < 1.29 is 30.9 Å². The fourth-order valence-corrected chi connectivity index (χ4v) is 22.5. The van der Waals surface area contributed by atoms with Gasteiger partial charge in [-0.1, -0.05) is 212 Å². The van der Waals surface area contributed by atoms with Gasteiger partial charge < -0.3 is 35.5 Å². The normalized spacial score (nSPS) is 11.9. The molecule has 15 aromatic heterocycles. The highest BCUT2D eigenvalue weighted by Crippen LogP contribution is 2.48. The minimum absolute atomic E-state index is 0.178. The fourth-order valence-electron chi connectivity index (χ4n) is 19.4. The monoisotopic (exact) mass is 1960 g/mol. The Hall–Kier alpha value is -16.8. The van der Waals surface area contributed by atoms with Gasteiger partial charge in [-0.3, -0.25) is 0 Å². The van der Waals surface area contributed by atoms with Crippen LogP contribution in [0.15, 0.2) is 395 Å². The van der Waals surface area contributed by atoms with Crippen LogP contribution >= 0.6 is 80.7 Å². The first-order valence-corrected chi connectivity index (χ1v) is 48.4. The summed E-state index contributed by atoms with van der Waals surface area (Å²) in [7, 11) is 0. The lowest BCUT2D eigenvalue weighted by Gasteiger charge is -2.08. The summed E-state index contributed by atoms with van der Waals surface area (Å²) in [5.74, 6) is 0. The minimum Gasteiger partial charge on any atom is -0.456 e. The molecule has 0 saturated carbocycles. The molecule has 0 spiro atoms. The molecule has 0 fully saturated rings. The summed E-state index contributed by atoms with van der Waals surface area (Å²) in [5, 5.41) is 17.1. The van der Waals surface area contributed by atoms with Gasteiger partial charge in [0.2, 0.25) is 26.4 Å². The molecule has 0 N–H and O–H groups in total. The quantitative estimate of drug-likeness (QED) is 0.141. The number of thiophene rings is 2. The highest BCUT2D eigenvalue weighted by atomic mass is 35.5. The summed E-state index contributed by atoms with van der Waals surface area (Å²) >= 11 is 35.0. The maximum absolute atomic E-state index is 6.36. The van der Waals surface area contributed by atoms with Crippen LogP contribution in [-0.4, -0.2) is 54.4 Å². The highest BCUT2D eigenvalue weighted by molar-refractivity contribution is 7.26. The van der Waals surface area contributed by atoms with Crippen LogP contribution in [0.1, 0.15) is 0 Å². The number of aromatic nitrogens is 11. The average Bonchev–Trinajstić information content (AvgIpc) is 1.58. The first-order chi connectivity index (χ1) is 69.4. The van der Waals surface area contributed by atoms with Crippen molar-refractivity contribution in [2.75, 3.05) is 0 Å². The summed E-state index contributed by atoms with van der Waals surface area (Å²) in [5.41, 5.74) is 25.5. The van der Waals surface area contributed by atoms with E-state index in [9.17, 15) is 0 Å². The standard InChI is InChI=1S/C28H16ClN3O.2C22H11ClN2O2.2C22H11ClN2OS/c29-28-30-25(27-26(31-28)20-11-5-7-13-24(20)33-27)17-14-15-23-21(16-17)19-10-4-6-12-22(19)32(23)18-8-2-1-3-9-18;23-22-24-18-14-7-2-4-11-17(14)27-21(18)19(25-22)15-9-5-8-13-12-6-1-3-10-16(12)26-20(13)15;23-22-24-19(21-20(25-22)14-6-2-4-8-17(14)27-21)12-9-10-18-15(11-12)13-5-1-3-7-16(13)26-18;23-22-24-18-14-7-1-3-10-16(14)26-20(18)19(25-22)15-9-5-8-13-12-6-2-4-11-17(12)27-21(13)15;23-22-24-19(21-20(25-22)14-6-1-3-7-16(14)26-21)12-9-10-18-15(11-12)13-5-2-4-8-17(13)27-18/h1-16H;4*1-11H. The van der Waals surface area contributed by atoms with Crippen LogP contribution in [-0.2, 0) is 0 Å². The molecule has 15 heterocycles. The number of benzene rings is 16. The van der Waals surface area contributed by atoms with Crippen molar-refractivity contribution in [1.82, 2.24) is 54.4 Å². The van der Waals surface area contributed by atoms with E-state index in [2.05, 4.69) is 224 Å². The maximum atomic E-state index is 6.36. The van der Waals surface area contributed by atoms with Gasteiger partial charge in [-0.2, -0.15) is 0 Å². The van der Waals surface area contributed by atoms with Gasteiger partial charge in [0.05, 0.1) is 11.0 Å². The van der Waals surface area contributed by atoms with Crippen LogP contribution in [0.2, 0.25) is 26.4 Å². The Labute approximate surface area is 828 Å². The van der Waals surface area contributed by atoms with E-state index < -0.39 is 0 Å². The molecule has 141 heavy (non-hydrogen) atoms. The van der Waals surface area contributed by atoms with Gasteiger partial charge in [-0.25, -0.2) is 49.8 Å². The Morgan fingerprint density at radius 3 is 1.00 bits per heavy atom. The number of rotatable bonds is 6. The molecule has 31 rings (SSSR count). The molecule has 0 bridgehead atoms. The van der Waals surface area contributed by atoms with Gasteiger partial charge in [-0.05, 0) is 210 Å². The number of halogens is 5. The van der Waals surface area contributed by atoms with Gasteiger partial charge in [0.1, 0.15) is 106 Å². The molecular formula is C116H60Cl5N11O7S2. The smallest absolute Gasteiger partial charge is 0.223 e. The predicted octanol–water partition coefficient (Wildman–Crippen LogP) is 35.1. The molecular weight excluding hydrogens is 1900 g/mol. The van der Waals surface area contributed by atoms with E-state index in [4.69, 9.17) is 88.9 Å². The number of hydrogen-bond donors (Lipinski definition) is 0. The van der Waals surface area contributed by atoms with Crippen LogP contribution < -0.4 is 0 Å². The van der Waals surface area contributed by atoms with Crippen molar-refractivity contribution in [3.8, 4) is 62.0 Å². The van der Waals surface area contributed by atoms with Crippen LogP contribution in [0, 0.1) is 0 Å². The lowest BCUT2D eigenvalue weighted by Crippen LogP contribution is -1.93. The number of fused-ring (bicyclic) bond motifs is 30. The van der Waals surface area contributed by atoms with Gasteiger partial charge in [-0.15, -0.1) is 22.7 Å². The Kier molecular flexibility index (Phi) is 20.1. The molecule has 0 aliphatic rings. The van der Waals surface area contributed by atoms with Gasteiger partial charge in [0.25, 0.3) is 0 Å². The molecule has 0 aliphatic carbocycles. The third-order valence-electron chi connectivity index (χ3n) is 25.5. The lowest BCUT2D eigenvalue weighted by atomic mass is 10.1. The van der Waals surface area contributed by atoms with Gasteiger partial charge in [0.15, 0.2) is 27.9 Å². The third-order valence-corrected chi connectivity index (χ3v) is 28.8. The predicted molar refractivity (Wildman–Crippen MR) is 573 cm³/mol. The van der Waals surface area contributed by atoms with E-state index in [1.165, 1.54) is 45.7 Å². The number of nitrogens with zero attached hydrogens (tertiary/aromatic N) is 11. The molecule has 0 radical (unpaired) electrons. The van der Waals surface area contributed by atoms with Crippen LogP contribution in [0.4, 0.5) is 0 Å². The second-order valence-electron chi connectivity index (χ2n) is 33.7. The molecule has 16 aromatic carbocycles. The molecule has 31 aromatic rings. The largest absolute Gasteiger partial charge is 0.456 e. The Bertz CT molecular complexity index is 10100. The zero-order chi connectivity index (χ0) is 93.8.